The molecular weight excluding hydrogens is 256 g/mol. The van der Waals surface area contributed by atoms with Crippen LogP contribution in [0.4, 0.5) is 0 Å². The predicted molar refractivity (Wildman–Crippen MR) is 78.4 cm³/mol. The Kier molecular flexibility index (Phi) is 7.01. The van der Waals surface area contributed by atoms with E-state index >= 15 is 0 Å². The van der Waals surface area contributed by atoms with Crippen molar-refractivity contribution in [3.05, 3.63) is 25.3 Å². The van der Waals surface area contributed by atoms with Gasteiger partial charge in [-0.1, -0.05) is 25.0 Å². The van der Waals surface area contributed by atoms with Gasteiger partial charge in [-0.2, -0.15) is 0 Å². The maximum atomic E-state index is 12.3. The van der Waals surface area contributed by atoms with Crippen molar-refractivity contribution in [1.82, 2.24) is 9.80 Å². The quantitative estimate of drug-likeness (QED) is 0.650. The van der Waals surface area contributed by atoms with E-state index in [0.29, 0.717) is 13.1 Å². The number of aliphatic carboxylic acids is 1. The Morgan fingerprint density at radius 1 is 1.10 bits per heavy atom. The normalized spacial score (nSPS) is 15.2. The number of carbonyl (C=O) groups is 2. The van der Waals surface area contributed by atoms with Gasteiger partial charge in [0.15, 0.2) is 0 Å². The van der Waals surface area contributed by atoms with Crippen LogP contribution in [0.25, 0.3) is 0 Å². The molecule has 0 spiro atoms. The number of rotatable bonds is 9. The van der Waals surface area contributed by atoms with Crippen molar-refractivity contribution in [3.8, 4) is 0 Å². The molecule has 1 amide bonds. The zero-order valence-electron chi connectivity index (χ0n) is 12.0. The minimum atomic E-state index is -0.885. The molecule has 0 radical (unpaired) electrons. The number of hydrogen-bond acceptors (Lipinski definition) is 3. The average Bonchev–Trinajstić information content (AvgIpc) is 2.91. The van der Waals surface area contributed by atoms with Gasteiger partial charge in [0.05, 0.1) is 13.1 Å². The molecule has 0 aromatic carbocycles. The Bertz CT molecular complexity index is 352. The number of nitrogens with zero attached hydrogens (tertiary/aromatic N) is 2. The molecule has 1 aliphatic carbocycles. The Morgan fingerprint density at radius 2 is 1.65 bits per heavy atom. The molecule has 1 aliphatic rings. The Morgan fingerprint density at radius 3 is 2.10 bits per heavy atom. The summed E-state index contributed by atoms with van der Waals surface area (Å²) in [5.41, 5.74) is 0. The molecule has 5 heteroatoms. The fourth-order valence-electron chi connectivity index (χ4n) is 2.62. The molecule has 0 heterocycles. The first-order valence-electron chi connectivity index (χ1n) is 7.04. The fourth-order valence-corrected chi connectivity index (χ4v) is 2.62. The van der Waals surface area contributed by atoms with Crippen LogP contribution in [0, 0.1) is 0 Å². The smallest absolute Gasteiger partial charge is 0.317 e. The minimum Gasteiger partial charge on any atom is -0.480 e. The zero-order chi connectivity index (χ0) is 15.0. The minimum absolute atomic E-state index is 0.0713. The Hall–Kier alpha value is -1.62. The molecule has 0 aliphatic heterocycles. The van der Waals surface area contributed by atoms with Crippen LogP contribution in [0.1, 0.15) is 25.7 Å². The van der Waals surface area contributed by atoms with E-state index in [1.807, 2.05) is 0 Å². The lowest BCUT2D eigenvalue weighted by molar-refractivity contribution is -0.140. The van der Waals surface area contributed by atoms with Crippen LogP contribution < -0.4 is 0 Å². The van der Waals surface area contributed by atoms with Gasteiger partial charge in [-0.3, -0.25) is 14.5 Å². The number of carboxylic acids is 1. The molecule has 1 fully saturated rings. The monoisotopic (exact) mass is 280 g/mol. The van der Waals surface area contributed by atoms with Gasteiger partial charge < -0.3 is 10.0 Å². The standard InChI is InChI=1S/C15H24N2O3/c1-3-9-16(10-4-2)14(18)11-17(12-15(19)20)13-7-5-6-8-13/h3-4,13H,1-2,5-12H2,(H,19,20). The van der Waals surface area contributed by atoms with E-state index in [-0.39, 0.29) is 25.0 Å². The van der Waals surface area contributed by atoms with Crippen molar-refractivity contribution in [2.45, 2.75) is 31.7 Å². The molecular formula is C15H24N2O3. The second kappa shape index (κ2) is 8.53. The predicted octanol–water partition coefficient (Wildman–Crippen LogP) is 1.52. The molecule has 20 heavy (non-hydrogen) atoms. The number of carboxylic acid groups (broad SMARTS) is 1. The van der Waals surface area contributed by atoms with Crippen LogP contribution in [0.3, 0.4) is 0 Å². The maximum Gasteiger partial charge on any atom is 0.317 e. The highest BCUT2D eigenvalue weighted by atomic mass is 16.4. The summed E-state index contributed by atoms with van der Waals surface area (Å²) in [6.45, 7) is 8.25. The van der Waals surface area contributed by atoms with Gasteiger partial charge in [0.25, 0.3) is 0 Å². The first kappa shape index (κ1) is 16.4. The molecule has 0 bridgehead atoms. The second-order valence-corrected chi connectivity index (χ2v) is 5.11. The van der Waals surface area contributed by atoms with Crippen molar-refractivity contribution in [2.24, 2.45) is 0 Å². The summed E-state index contributed by atoms with van der Waals surface area (Å²) in [6, 6.07) is 0.212. The molecule has 0 atom stereocenters. The van der Waals surface area contributed by atoms with Crippen molar-refractivity contribution < 1.29 is 14.7 Å². The van der Waals surface area contributed by atoms with E-state index < -0.39 is 5.97 Å². The molecule has 0 aromatic rings. The third-order valence-corrected chi connectivity index (χ3v) is 3.57. The highest BCUT2D eigenvalue weighted by molar-refractivity contribution is 5.79. The van der Waals surface area contributed by atoms with Gasteiger partial charge in [0.2, 0.25) is 5.91 Å². The van der Waals surface area contributed by atoms with Crippen molar-refractivity contribution in [2.75, 3.05) is 26.2 Å². The summed E-state index contributed by atoms with van der Waals surface area (Å²) in [7, 11) is 0. The van der Waals surface area contributed by atoms with E-state index in [1.165, 1.54) is 0 Å². The highest BCUT2D eigenvalue weighted by Gasteiger charge is 2.27. The van der Waals surface area contributed by atoms with Gasteiger partial charge in [0.1, 0.15) is 0 Å². The molecule has 0 saturated heterocycles. The molecule has 0 aromatic heterocycles. The average molecular weight is 280 g/mol. The van der Waals surface area contributed by atoms with Crippen LogP contribution in [-0.4, -0.2) is 59.0 Å². The maximum absolute atomic E-state index is 12.3. The Balaban J connectivity index is 2.65. The van der Waals surface area contributed by atoms with Crippen LogP contribution >= 0.6 is 0 Å². The highest BCUT2D eigenvalue weighted by Crippen LogP contribution is 2.23. The number of hydrogen-bond donors (Lipinski definition) is 1. The Labute approximate surface area is 120 Å². The lowest BCUT2D eigenvalue weighted by Gasteiger charge is -2.29. The summed E-state index contributed by atoms with van der Waals surface area (Å²) in [5.74, 6) is -0.957. The van der Waals surface area contributed by atoms with Gasteiger partial charge in [-0.05, 0) is 12.8 Å². The van der Waals surface area contributed by atoms with Crippen molar-refractivity contribution in [1.29, 1.82) is 0 Å². The molecule has 5 nitrogen and oxygen atoms in total. The molecule has 112 valence electrons. The summed E-state index contributed by atoms with van der Waals surface area (Å²) >= 11 is 0. The summed E-state index contributed by atoms with van der Waals surface area (Å²) in [4.78, 5) is 26.7. The summed E-state index contributed by atoms with van der Waals surface area (Å²) < 4.78 is 0. The van der Waals surface area contributed by atoms with Gasteiger partial charge in [-0.25, -0.2) is 0 Å². The topological polar surface area (TPSA) is 60.9 Å². The third kappa shape index (κ3) is 5.17. The van der Waals surface area contributed by atoms with Crippen LogP contribution in [0.15, 0.2) is 25.3 Å². The lowest BCUT2D eigenvalue weighted by Crippen LogP contribution is -2.46. The van der Waals surface area contributed by atoms with Gasteiger partial charge >= 0.3 is 5.97 Å². The van der Waals surface area contributed by atoms with Gasteiger partial charge in [-0.15, -0.1) is 13.2 Å². The van der Waals surface area contributed by atoms with Gasteiger partial charge in [0, 0.05) is 19.1 Å². The first-order valence-corrected chi connectivity index (χ1v) is 7.04. The summed E-state index contributed by atoms with van der Waals surface area (Å²) in [6.07, 6.45) is 7.50. The van der Waals surface area contributed by atoms with E-state index in [1.54, 1.807) is 22.0 Å². The van der Waals surface area contributed by atoms with E-state index in [0.717, 1.165) is 25.7 Å². The lowest BCUT2D eigenvalue weighted by atomic mass is 10.2. The molecule has 1 saturated carbocycles. The van der Waals surface area contributed by atoms with E-state index in [4.69, 9.17) is 5.11 Å². The largest absolute Gasteiger partial charge is 0.480 e. The molecule has 0 unspecified atom stereocenters. The van der Waals surface area contributed by atoms with Crippen LogP contribution in [0.2, 0.25) is 0 Å². The van der Waals surface area contributed by atoms with E-state index in [9.17, 15) is 9.59 Å². The SMILES string of the molecule is C=CCN(CC=C)C(=O)CN(CC(=O)O)C1CCCC1. The van der Waals surface area contributed by atoms with E-state index in [2.05, 4.69) is 13.2 Å². The van der Waals surface area contributed by atoms with Crippen LogP contribution in [-0.2, 0) is 9.59 Å². The third-order valence-electron chi connectivity index (χ3n) is 3.57. The molecule has 1 rings (SSSR count). The van der Waals surface area contributed by atoms with Crippen molar-refractivity contribution in [3.63, 3.8) is 0 Å². The molecule has 1 N–H and O–H groups in total. The summed E-state index contributed by atoms with van der Waals surface area (Å²) in [5, 5.41) is 9.00. The second-order valence-electron chi connectivity index (χ2n) is 5.11. The number of carbonyl (C=O) groups excluding carboxylic acids is 1. The van der Waals surface area contributed by atoms with Crippen LogP contribution in [0.5, 0.6) is 0 Å². The fraction of sp³-hybridized carbons (Fsp3) is 0.600. The number of amides is 1. The zero-order valence-corrected chi connectivity index (χ0v) is 12.0. The first-order chi connectivity index (χ1) is 9.58. The van der Waals surface area contributed by atoms with Crippen molar-refractivity contribution >= 4 is 11.9 Å².